The normalized spacial score (nSPS) is 30.7. The highest BCUT2D eigenvalue weighted by Crippen LogP contribution is 2.28. The Hall–Kier alpha value is -1.10. The maximum absolute atomic E-state index is 11.8. The second-order valence-electron chi connectivity index (χ2n) is 4.21. The van der Waals surface area contributed by atoms with E-state index in [4.69, 9.17) is 27.2 Å². The molecule has 8 nitrogen and oxygen atoms in total. The molecule has 2 rings (SSSR count). The van der Waals surface area contributed by atoms with E-state index in [1.165, 1.54) is 6.20 Å². The average molecular weight is 290 g/mol. The van der Waals surface area contributed by atoms with E-state index in [2.05, 4.69) is 4.98 Å². The zero-order valence-electron chi connectivity index (χ0n) is 9.76. The highest BCUT2D eigenvalue weighted by molar-refractivity contribution is 7.71. The zero-order valence-corrected chi connectivity index (χ0v) is 10.6. The number of hydrogen-bond acceptors (Lipinski definition) is 7. The number of aliphatic hydroxyl groups is 4. The summed E-state index contributed by atoms with van der Waals surface area (Å²) < 4.78 is 6.30. The van der Waals surface area contributed by atoms with Crippen LogP contribution in [-0.4, -0.2) is 54.9 Å². The van der Waals surface area contributed by atoms with E-state index in [9.17, 15) is 15.0 Å². The molecular formula is C10H14N2O6S. The van der Waals surface area contributed by atoms with Gasteiger partial charge in [-0.15, -0.1) is 0 Å². The fourth-order valence-corrected chi connectivity index (χ4v) is 2.14. The molecule has 0 unspecified atom stereocenters. The summed E-state index contributed by atoms with van der Waals surface area (Å²) in [6, 6.07) is 0. The first kappa shape index (κ1) is 14.3. The summed E-state index contributed by atoms with van der Waals surface area (Å²) in [7, 11) is 0. The molecule has 1 aromatic heterocycles. The maximum atomic E-state index is 11.8. The van der Waals surface area contributed by atoms with Gasteiger partial charge in [0.15, 0.2) is 6.23 Å². The zero-order chi connectivity index (χ0) is 14.2. The van der Waals surface area contributed by atoms with Gasteiger partial charge in [0, 0.05) is 11.8 Å². The van der Waals surface area contributed by atoms with Gasteiger partial charge in [-0.1, -0.05) is 12.2 Å². The van der Waals surface area contributed by atoms with Crippen molar-refractivity contribution in [2.45, 2.75) is 31.1 Å². The SMILES string of the molecule is O=c1[nH]c(=S)c(CO)cn1[C@@H]1O[C@H](CO)[C@@H](O)[C@@H]1O. The summed E-state index contributed by atoms with van der Waals surface area (Å²) in [6.07, 6.45) is -3.56. The minimum atomic E-state index is -1.37. The van der Waals surface area contributed by atoms with E-state index >= 15 is 0 Å². The first-order valence-electron chi connectivity index (χ1n) is 5.57. The molecule has 0 radical (unpaired) electrons. The number of hydrogen-bond donors (Lipinski definition) is 5. The van der Waals surface area contributed by atoms with Gasteiger partial charge in [-0.3, -0.25) is 9.55 Å². The number of aliphatic hydroxyl groups excluding tert-OH is 4. The monoisotopic (exact) mass is 290 g/mol. The van der Waals surface area contributed by atoms with Crippen molar-refractivity contribution < 1.29 is 25.2 Å². The number of aromatic amines is 1. The van der Waals surface area contributed by atoms with Crippen molar-refractivity contribution in [3.63, 3.8) is 0 Å². The van der Waals surface area contributed by atoms with Crippen LogP contribution in [0.1, 0.15) is 11.8 Å². The molecule has 0 spiro atoms. The predicted octanol–water partition coefficient (Wildman–Crippen LogP) is -1.99. The Kier molecular flexibility index (Phi) is 4.13. The highest BCUT2D eigenvalue weighted by atomic mass is 32.1. The summed E-state index contributed by atoms with van der Waals surface area (Å²) >= 11 is 4.85. The van der Waals surface area contributed by atoms with Gasteiger partial charge < -0.3 is 25.2 Å². The molecule has 0 aliphatic carbocycles. The third-order valence-electron chi connectivity index (χ3n) is 3.00. The Balaban J connectivity index is 2.43. The lowest BCUT2D eigenvalue weighted by Crippen LogP contribution is -2.36. The van der Waals surface area contributed by atoms with Crippen LogP contribution in [0.2, 0.25) is 0 Å². The number of nitrogens with zero attached hydrogens (tertiary/aromatic N) is 1. The molecule has 5 N–H and O–H groups in total. The predicted molar refractivity (Wildman–Crippen MR) is 64.8 cm³/mol. The first-order chi connectivity index (χ1) is 8.99. The number of aromatic nitrogens is 2. The Labute approximate surface area is 112 Å². The quantitative estimate of drug-likeness (QED) is 0.408. The summed E-state index contributed by atoms with van der Waals surface area (Å²) in [6.45, 7) is -0.871. The second-order valence-corrected chi connectivity index (χ2v) is 4.62. The maximum Gasteiger partial charge on any atom is 0.328 e. The number of nitrogens with one attached hydrogen (secondary N) is 1. The van der Waals surface area contributed by atoms with Crippen LogP contribution in [0.5, 0.6) is 0 Å². The third-order valence-corrected chi connectivity index (χ3v) is 3.37. The van der Waals surface area contributed by atoms with Gasteiger partial charge in [0.2, 0.25) is 0 Å². The van der Waals surface area contributed by atoms with Crippen LogP contribution in [-0.2, 0) is 11.3 Å². The van der Waals surface area contributed by atoms with Crippen molar-refractivity contribution in [2.24, 2.45) is 0 Å². The Morgan fingerprint density at radius 1 is 1.37 bits per heavy atom. The Bertz CT molecular complexity index is 570. The molecule has 9 heteroatoms. The largest absolute Gasteiger partial charge is 0.394 e. The lowest BCUT2D eigenvalue weighted by Gasteiger charge is -2.18. The molecule has 0 aromatic carbocycles. The van der Waals surface area contributed by atoms with Crippen molar-refractivity contribution in [3.05, 3.63) is 26.9 Å². The van der Waals surface area contributed by atoms with E-state index in [0.717, 1.165) is 4.57 Å². The van der Waals surface area contributed by atoms with Crippen molar-refractivity contribution in [3.8, 4) is 0 Å². The number of H-pyrrole nitrogens is 1. The van der Waals surface area contributed by atoms with Crippen LogP contribution < -0.4 is 5.69 Å². The van der Waals surface area contributed by atoms with Gasteiger partial charge in [-0.2, -0.15) is 0 Å². The van der Waals surface area contributed by atoms with Gasteiger partial charge in [0.1, 0.15) is 23.0 Å². The molecule has 0 amide bonds. The number of ether oxygens (including phenoxy) is 1. The summed E-state index contributed by atoms with van der Waals surface area (Å²) in [5.74, 6) is 0. The lowest BCUT2D eigenvalue weighted by molar-refractivity contribution is -0.0552. The molecular weight excluding hydrogens is 276 g/mol. The van der Waals surface area contributed by atoms with Crippen molar-refractivity contribution >= 4 is 12.2 Å². The van der Waals surface area contributed by atoms with Gasteiger partial charge in [-0.05, 0) is 0 Å². The Morgan fingerprint density at radius 3 is 2.58 bits per heavy atom. The summed E-state index contributed by atoms with van der Waals surface area (Å²) in [4.78, 5) is 14.1. The smallest absolute Gasteiger partial charge is 0.328 e. The number of rotatable bonds is 3. The Morgan fingerprint density at radius 2 is 2.05 bits per heavy atom. The molecule has 19 heavy (non-hydrogen) atoms. The van der Waals surface area contributed by atoms with E-state index < -0.39 is 36.8 Å². The molecule has 106 valence electrons. The van der Waals surface area contributed by atoms with Crippen LogP contribution in [0.15, 0.2) is 11.0 Å². The standard InChI is InChI=1S/C10H14N2O6S/c13-2-4-1-12(10(17)11-8(4)19)9-7(16)6(15)5(3-14)18-9/h1,5-7,9,13-16H,2-3H2,(H,11,17,19)/t5-,6-,7+,9-/m1/s1. The minimum absolute atomic E-state index is 0.0930. The van der Waals surface area contributed by atoms with Gasteiger partial charge >= 0.3 is 5.69 Å². The van der Waals surface area contributed by atoms with Crippen molar-refractivity contribution in [1.82, 2.24) is 9.55 Å². The fraction of sp³-hybridized carbons (Fsp3) is 0.600. The molecule has 2 heterocycles. The summed E-state index contributed by atoms with van der Waals surface area (Å²) in [5, 5.41) is 37.5. The lowest BCUT2D eigenvalue weighted by atomic mass is 10.1. The molecule has 1 saturated heterocycles. The van der Waals surface area contributed by atoms with E-state index in [-0.39, 0.29) is 16.8 Å². The van der Waals surface area contributed by atoms with Crippen molar-refractivity contribution in [1.29, 1.82) is 0 Å². The molecule has 1 fully saturated rings. The second kappa shape index (κ2) is 5.49. The summed E-state index contributed by atoms with van der Waals surface area (Å²) in [5.41, 5.74) is -0.357. The van der Waals surface area contributed by atoms with Gasteiger partial charge in [0.05, 0.1) is 13.2 Å². The minimum Gasteiger partial charge on any atom is -0.394 e. The van der Waals surface area contributed by atoms with Crippen molar-refractivity contribution in [2.75, 3.05) is 6.61 Å². The van der Waals surface area contributed by atoms with E-state index in [1.807, 2.05) is 0 Å². The average Bonchev–Trinajstić information content (AvgIpc) is 2.67. The fourth-order valence-electron chi connectivity index (χ4n) is 1.94. The van der Waals surface area contributed by atoms with Crippen LogP contribution >= 0.6 is 12.2 Å². The first-order valence-corrected chi connectivity index (χ1v) is 5.98. The van der Waals surface area contributed by atoms with Crippen LogP contribution in [0.3, 0.4) is 0 Å². The van der Waals surface area contributed by atoms with Crippen LogP contribution in [0.25, 0.3) is 0 Å². The van der Waals surface area contributed by atoms with E-state index in [0.29, 0.717) is 0 Å². The van der Waals surface area contributed by atoms with Gasteiger partial charge in [-0.25, -0.2) is 4.79 Å². The topological polar surface area (TPSA) is 128 Å². The van der Waals surface area contributed by atoms with Crippen LogP contribution in [0, 0.1) is 4.64 Å². The van der Waals surface area contributed by atoms with Gasteiger partial charge in [0.25, 0.3) is 0 Å². The molecule has 0 saturated carbocycles. The highest BCUT2D eigenvalue weighted by Gasteiger charge is 2.43. The van der Waals surface area contributed by atoms with Crippen LogP contribution in [0.4, 0.5) is 0 Å². The molecule has 1 aliphatic rings. The third kappa shape index (κ3) is 2.48. The molecule has 4 atom stereocenters. The molecule has 1 aliphatic heterocycles. The molecule has 0 bridgehead atoms. The van der Waals surface area contributed by atoms with E-state index in [1.54, 1.807) is 0 Å². The molecule has 1 aromatic rings.